The Morgan fingerprint density at radius 2 is 1.85 bits per heavy atom. The number of aromatic nitrogens is 2. The van der Waals surface area contributed by atoms with Gasteiger partial charge in [-0.15, -0.1) is 0 Å². The molecule has 5 rings (SSSR count). The smallest absolute Gasteiger partial charge is 0.302 e. The predicted octanol–water partition coefficient (Wildman–Crippen LogP) is 4.34. The maximum atomic E-state index is 13.8. The third kappa shape index (κ3) is 3.32. The van der Waals surface area contributed by atoms with E-state index in [2.05, 4.69) is 9.97 Å². The summed E-state index contributed by atoms with van der Waals surface area (Å²) in [6, 6.07) is 16.1. The Balaban J connectivity index is 1.75. The number of ketones is 1. The lowest BCUT2D eigenvalue weighted by atomic mass is 9.95. The van der Waals surface area contributed by atoms with Gasteiger partial charge in [0.2, 0.25) is 5.95 Å². The fourth-order valence-electron chi connectivity index (χ4n) is 4.06. The van der Waals surface area contributed by atoms with E-state index in [-0.39, 0.29) is 28.4 Å². The van der Waals surface area contributed by atoms with Gasteiger partial charge in [-0.05, 0) is 60.5 Å². The number of hydrogen-bond acceptors (Lipinski definition) is 5. The number of phenols is 1. The van der Waals surface area contributed by atoms with Gasteiger partial charge in [0.05, 0.1) is 22.6 Å². The van der Waals surface area contributed by atoms with Crippen LogP contribution in [-0.2, 0) is 9.59 Å². The number of halogens is 1. The van der Waals surface area contributed by atoms with Crippen LogP contribution in [0.25, 0.3) is 16.8 Å². The van der Waals surface area contributed by atoms with Crippen molar-refractivity contribution in [3.05, 3.63) is 94.8 Å². The summed E-state index contributed by atoms with van der Waals surface area (Å²) in [4.78, 5) is 35.0. The number of imidazole rings is 1. The van der Waals surface area contributed by atoms with Gasteiger partial charge in [0, 0.05) is 5.56 Å². The normalized spacial score (nSPS) is 17.8. The predicted molar refractivity (Wildman–Crippen MR) is 120 cm³/mol. The molecule has 1 atom stereocenters. The highest BCUT2D eigenvalue weighted by molar-refractivity contribution is 6.51. The number of aromatic hydroxyl groups is 1. The van der Waals surface area contributed by atoms with Crippen molar-refractivity contribution in [2.75, 3.05) is 4.90 Å². The zero-order valence-electron chi connectivity index (χ0n) is 17.4. The molecule has 7 nitrogen and oxygen atoms in total. The minimum absolute atomic E-state index is 0.0691. The average molecular weight is 443 g/mol. The highest BCUT2D eigenvalue weighted by Gasteiger charge is 2.48. The van der Waals surface area contributed by atoms with Gasteiger partial charge in [-0.2, -0.15) is 0 Å². The number of para-hydroxylation sites is 2. The summed E-state index contributed by atoms with van der Waals surface area (Å²) >= 11 is 0. The lowest BCUT2D eigenvalue weighted by Crippen LogP contribution is -2.30. The molecule has 0 bridgehead atoms. The van der Waals surface area contributed by atoms with E-state index in [0.29, 0.717) is 16.6 Å². The number of Topliss-reactive ketones (excluding diaryl/α,β-unsaturated/α-hetero) is 1. The lowest BCUT2D eigenvalue weighted by Gasteiger charge is -2.23. The van der Waals surface area contributed by atoms with E-state index < -0.39 is 29.3 Å². The summed E-state index contributed by atoms with van der Waals surface area (Å²) in [6.07, 6.45) is 0. The first-order valence-corrected chi connectivity index (χ1v) is 10.2. The first-order valence-electron chi connectivity index (χ1n) is 10.2. The van der Waals surface area contributed by atoms with Crippen molar-refractivity contribution in [3.63, 3.8) is 0 Å². The molecule has 0 spiro atoms. The number of anilines is 1. The summed E-state index contributed by atoms with van der Waals surface area (Å²) in [6.45, 7) is 1.53. The van der Waals surface area contributed by atoms with Gasteiger partial charge in [-0.1, -0.05) is 24.3 Å². The van der Waals surface area contributed by atoms with E-state index in [1.54, 1.807) is 30.3 Å². The molecule has 4 aromatic rings. The molecule has 3 N–H and O–H groups in total. The molecule has 2 heterocycles. The molecule has 1 aliphatic rings. The molecule has 164 valence electrons. The number of phenolic OH excluding ortho intramolecular Hbond substituents is 1. The number of carbonyl (C=O) groups excluding carboxylic acids is 2. The number of aliphatic hydroxyl groups excluding tert-OH is 1. The van der Waals surface area contributed by atoms with Crippen LogP contribution < -0.4 is 4.90 Å². The molecule has 1 unspecified atom stereocenters. The second kappa shape index (κ2) is 7.59. The highest BCUT2D eigenvalue weighted by atomic mass is 19.1. The molecule has 1 amide bonds. The number of benzene rings is 3. The molecular formula is C25H18FN3O4. The molecule has 1 saturated heterocycles. The van der Waals surface area contributed by atoms with Gasteiger partial charge in [0.15, 0.2) is 0 Å². The lowest BCUT2D eigenvalue weighted by molar-refractivity contribution is -0.132. The van der Waals surface area contributed by atoms with E-state index in [0.717, 1.165) is 0 Å². The molecule has 3 aromatic carbocycles. The maximum Gasteiger partial charge on any atom is 0.302 e. The van der Waals surface area contributed by atoms with Gasteiger partial charge in [-0.3, -0.25) is 14.5 Å². The Kier molecular flexibility index (Phi) is 4.70. The van der Waals surface area contributed by atoms with Crippen LogP contribution in [-0.4, -0.2) is 31.9 Å². The van der Waals surface area contributed by atoms with Crippen LogP contribution in [0.1, 0.15) is 22.7 Å². The van der Waals surface area contributed by atoms with Crippen molar-refractivity contribution in [2.45, 2.75) is 13.0 Å². The van der Waals surface area contributed by atoms with E-state index in [1.807, 2.05) is 6.07 Å². The van der Waals surface area contributed by atoms with Gasteiger partial charge >= 0.3 is 5.91 Å². The summed E-state index contributed by atoms with van der Waals surface area (Å²) < 4.78 is 13.8. The number of H-pyrrole nitrogens is 1. The number of nitrogens with zero attached hydrogens (tertiary/aromatic N) is 2. The number of nitrogens with one attached hydrogen (secondary N) is 1. The zero-order valence-corrected chi connectivity index (χ0v) is 17.4. The van der Waals surface area contributed by atoms with Crippen molar-refractivity contribution < 1.29 is 24.2 Å². The molecule has 1 fully saturated rings. The van der Waals surface area contributed by atoms with Crippen LogP contribution in [0.15, 0.2) is 72.3 Å². The van der Waals surface area contributed by atoms with Crippen molar-refractivity contribution in [2.24, 2.45) is 0 Å². The summed E-state index contributed by atoms with van der Waals surface area (Å²) in [5.74, 6) is -2.64. The fourth-order valence-corrected chi connectivity index (χ4v) is 4.06. The van der Waals surface area contributed by atoms with E-state index >= 15 is 0 Å². The fraction of sp³-hybridized carbons (Fsp3) is 0.0800. The number of amides is 1. The minimum atomic E-state index is -1.07. The first-order chi connectivity index (χ1) is 15.8. The van der Waals surface area contributed by atoms with E-state index in [4.69, 9.17) is 0 Å². The summed E-state index contributed by atoms with van der Waals surface area (Å²) in [5, 5.41) is 21.1. The quantitative estimate of drug-likeness (QED) is 0.248. The zero-order chi connectivity index (χ0) is 23.3. The standard InChI is InChI=1S/C25H18FN3O4/c1-13-11-15(9-10-17(13)26)22(31)20-21(14-5-4-6-16(30)12-14)29(24(33)23(20)32)25-27-18-7-2-3-8-19(18)28-25/h2-12,21,30-31H,1H3,(H,27,28)/b22-20+. The van der Waals surface area contributed by atoms with Crippen LogP contribution in [0.2, 0.25) is 0 Å². The molecule has 8 heteroatoms. The Morgan fingerprint density at radius 3 is 2.58 bits per heavy atom. The molecule has 0 saturated carbocycles. The van der Waals surface area contributed by atoms with Crippen molar-refractivity contribution >= 4 is 34.4 Å². The van der Waals surface area contributed by atoms with Crippen LogP contribution in [0.3, 0.4) is 0 Å². The number of aliphatic hydroxyl groups is 1. The van der Waals surface area contributed by atoms with Crippen LogP contribution >= 0.6 is 0 Å². The largest absolute Gasteiger partial charge is 0.508 e. The number of aryl methyl sites for hydroxylation is 1. The summed E-state index contributed by atoms with van der Waals surface area (Å²) in [5.41, 5.74) is 1.95. The van der Waals surface area contributed by atoms with Crippen molar-refractivity contribution in [3.8, 4) is 5.75 Å². The van der Waals surface area contributed by atoms with E-state index in [9.17, 15) is 24.2 Å². The monoisotopic (exact) mass is 443 g/mol. The Morgan fingerprint density at radius 1 is 1.06 bits per heavy atom. The number of fused-ring (bicyclic) bond motifs is 1. The average Bonchev–Trinajstić information content (AvgIpc) is 3.34. The van der Waals surface area contributed by atoms with Crippen LogP contribution in [0.4, 0.5) is 10.3 Å². The van der Waals surface area contributed by atoms with Crippen LogP contribution in [0.5, 0.6) is 5.75 Å². The number of carbonyl (C=O) groups is 2. The third-order valence-electron chi connectivity index (χ3n) is 5.67. The molecule has 33 heavy (non-hydrogen) atoms. The minimum Gasteiger partial charge on any atom is -0.508 e. The van der Waals surface area contributed by atoms with Gasteiger partial charge in [0.1, 0.15) is 17.3 Å². The molecule has 1 aliphatic heterocycles. The van der Waals surface area contributed by atoms with Crippen molar-refractivity contribution in [1.29, 1.82) is 0 Å². The first kappa shape index (κ1) is 20.4. The second-order valence-electron chi connectivity index (χ2n) is 7.81. The number of hydrogen-bond donors (Lipinski definition) is 3. The molecule has 1 aromatic heterocycles. The van der Waals surface area contributed by atoms with Gasteiger partial charge in [0.25, 0.3) is 5.78 Å². The Labute approximate surface area is 187 Å². The highest BCUT2D eigenvalue weighted by Crippen LogP contribution is 2.42. The molecule has 0 aliphatic carbocycles. The Hall–Kier alpha value is -4.46. The maximum absolute atomic E-state index is 13.8. The van der Waals surface area contributed by atoms with E-state index in [1.165, 1.54) is 42.2 Å². The van der Waals surface area contributed by atoms with Crippen molar-refractivity contribution in [1.82, 2.24) is 9.97 Å². The van der Waals surface area contributed by atoms with Crippen LogP contribution in [0, 0.1) is 12.7 Å². The topological polar surface area (TPSA) is 107 Å². The number of aromatic amines is 1. The molecular weight excluding hydrogens is 425 g/mol. The van der Waals surface area contributed by atoms with Gasteiger partial charge < -0.3 is 15.2 Å². The third-order valence-corrected chi connectivity index (χ3v) is 5.67. The molecule has 0 radical (unpaired) electrons. The summed E-state index contributed by atoms with van der Waals surface area (Å²) in [7, 11) is 0. The Bertz CT molecular complexity index is 1440. The number of rotatable bonds is 3. The van der Waals surface area contributed by atoms with Gasteiger partial charge in [-0.25, -0.2) is 9.37 Å². The second-order valence-corrected chi connectivity index (χ2v) is 7.81. The SMILES string of the molecule is Cc1cc(/C(O)=C2\C(=O)C(=O)N(c3nc4ccccc4[nH]3)C2c2cccc(O)c2)ccc1F.